The molecule has 0 unspecified atom stereocenters. The Labute approximate surface area is 154 Å². The number of hydrogen-bond donors (Lipinski definition) is 2. The van der Waals surface area contributed by atoms with E-state index in [-0.39, 0.29) is 5.88 Å². The fourth-order valence-electron chi connectivity index (χ4n) is 2.69. The highest BCUT2D eigenvalue weighted by Crippen LogP contribution is 2.33. The van der Waals surface area contributed by atoms with Crippen molar-refractivity contribution in [1.29, 1.82) is 0 Å². The minimum atomic E-state index is -2.96. The van der Waals surface area contributed by atoms with E-state index in [1.807, 2.05) is 13.0 Å². The Bertz CT molecular complexity index is 803. The monoisotopic (exact) mass is 381 g/mol. The topological polar surface area (TPSA) is 61.8 Å². The second-order valence-corrected chi connectivity index (χ2v) is 6.12. The molecule has 2 aromatic rings. The molecule has 26 heavy (non-hydrogen) atoms. The van der Waals surface area contributed by atoms with E-state index in [0.29, 0.717) is 34.8 Å². The number of hydrazone groups is 1. The predicted molar refractivity (Wildman–Crippen MR) is 95.6 cm³/mol. The van der Waals surface area contributed by atoms with Crippen molar-refractivity contribution in [2.45, 2.75) is 32.9 Å². The molecule has 9 heteroatoms. The van der Waals surface area contributed by atoms with Crippen molar-refractivity contribution in [3.63, 3.8) is 0 Å². The second-order valence-electron chi connectivity index (χ2n) is 5.68. The molecule has 0 fully saturated rings. The Hall–Kier alpha value is -2.45. The zero-order valence-corrected chi connectivity index (χ0v) is 14.8. The van der Waals surface area contributed by atoms with Crippen LogP contribution in [0.25, 0.3) is 11.1 Å². The van der Waals surface area contributed by atoms with Crippen LogP contribution in [-0.2, 0) is 13.0 Å². The number of hydrazine groups is 2. The molecule has 2 heterocycles. The lowest BCUT2D eigenvalue weighted by Gasteiger charge is -2.19. The number of benzene rings is 1. The quantitative estimate of drug-likeness (QED) is 0.765. The maximum Gasteiger partial charge on any atom is 0.388 e. The van der Waals surface area contributed by atoms with E-state index in [1.54, 1.807) is 35.6 Å². The van der Waals surface area contributed by atoms with E-state index >= 15 is 0 Å². The molecule has 1 aromatic heterocycles. The van der Waals surface area contributed by atoms with E-state index in [9.17, 15) is 8.78 Å². The average molecular weight is 382 g/mol. The van der Waals surface area contributed by atoms with Gasteiger partial charge >= 0.3 is 6.61 Å². The Kier molecular flexibility index (Phi) is 5.85. The number of hydrogen-bond acceptors (Lipinski definition) is 6. The summed E-state index contributed by atoms with van der Waals surface area (Å²) in [4.78, 5) is 4.39. The molecule has 1 aliphatic rings. The van der Waals surface area contributed by atoms with Gasteiger partial charge < -0.3 is 4.74 Å². The Balaban J connectivity index is 2.07. The van der Waals surface area contributed by atoms with Crippen molar-refractivity contribution in [2.75, 3.05) is 0 Å². The van der Waals surface area contributed by atoms with Crippen LogP contribution >= 0.6 is 11.6 Å². The molecule has 0 atom stereocenters. The fraction of sp³-hybridized carbons (Fsp3) is 0.294. The first-order valence-electron chi connectivity index (χ1n) is 8.11. The summed E-state index contributed by atoms with van der Waals surface area (Å²) in [6, 6.07) is 8.75. The highest BCUT2D eigenvalue weighted by Gasteiger charge is 2.19. The first kappa shape index (κ1) is 18.3. The van der Waals surface area contributed by atoms with E-state index in [0.717, 1.165) is 12.0 Å². The van der Waals surface area contributed by atoms with Crippen LogP contribution in [0.4, 0.5) is 8.78 Å². The van der Waals surface area contributed by atoms with Crippen molar-refractivity contribution < 1.29 is 13.5 Å². The van der Waals surface area contributed by atoms with Crippen LogP contribution in [0, 0.1) is 0 Å². The van der Waals surface area contributed by atoms with Crippen LogP contribution in [0.15, 0.2) is 35.4 Å². The highest BCUT2D eigenvalue weighted by atomic mass is 35.5. The largest absolute Gasteiger partial charge is 0.416 e. The number of pyridine rings is 1. The summed E-state index contributed by atoms with van der Waals surface area (Å²) < 4.78 is 30.5. The van der Waals surface area contributed by atoms with Gasteiger partial charge in [0.15, 0.2) is 0 Å². The van der Waals surface area contributed by atoms with E-state index in [2.05, 4.69) is 21.2 Å². The molecule has 0 amide bonds. The minimum Gasteiger partial charge on any atom is -0.416 e. The Morgan fingerprint density at radius 3 is 2.81 bits per heavy atom. The van der Waals surface area contributed by atoms with Gasteiger partial charge in [0.05, 0.1) is 6.54 Å². The number of ether oxygens (including phenoxy) is 1. The molecule has 6 nitrogen and oxygen atoms in total. The molecule has 1 aromatic carbocycles. The number of rotatable bonds is 7. The van der Waals surface area contributed by atoms with E-state index < -0.39 is 6.61 Å². The number of aryl methyl sites for hydroxylation is 1. The molecule has 0 bridgehead atoms. The minimum absolute atomic E-state index is 0.101. The van der Waals surface area contributed by atoms with Crippen LogP contribution in [0.2, 0.25) is 5.02 Å². The molecule has 0 saturated heterocycles. The molecule has 3 rings (SSSR count). The third-order valence-corrected chi connectivity index (χ3v) is 4.01. The van der Waals surface area contributed by atoms with Crippen LogP contribution in [-0.4, -0.2) is 22.9 Å². The van der Waals surface area contributed by atoms with Gasteiger partial charge in [-0.15, -0.1) is 5.53 Å². The molecule has 138 valence electrons. The summed E-state index contributed by atoms with van der Waals surface area (Å²) in [6.07, 6.45) is 3.06. The maximum atomic E-state index is 12.9. The normalized spacial score (nSPS) is 13.3. The van der Waals surface area contributed by atoms with Crippen molar-refractivity contribution in [2.24, 2.45) is 5.10 Å². The van der Waals surface area contributed by atoms with Crippen LogP contribution in [0.1, 0.15) is 24.6 Å². The molecular weight excluding hydrogens is 364 g/mol. The third-order valence-electron chi connectivity index (χ3n) is 3.78. The summed E-state index contributed by atoms with van der Waals surface area (Å²) >= 11 is 6.06. The zero-order valence-electron chi connectivity index (χ0n) is 14.0. The van der Waals surface area contributed by atoms with Crippen LogP contribution in [0.5, 0.6) is 5.88 Å². The van der Waals surface area contributed by atoms with Gasteiger partial charge in [-0.3, -0.25) is 5.01 Å². The second kappa shape index (κ2) is 8.29. The SMILES string of the molecule is CCCc1nc(OC(F)F)c(-c2cccc(Cl)c2)cc1CN1C=NNN1. The number of alkyl halides is 2. The van der Waals surface area contributed by atoms with Gasteiger partial charge in [-0.2, -0.15) is 13.9 Å². The number of nitrogens with one attached hydrogen (secondary N) is 2. The smallest absolute Gasteiger partial charge is 0.388 e. The van der Waals surface area contributed by atoms with Crippen LogP contribution < -0.4 is 15.8 Å². The first-order chi connectivity index (χ1) is 12.6. The molecular formula is C17H18ClF2N5O. The molecule has 0 radical (unpaired) electrons. The summed E-state index contributed by atoms with van der Waals surface area (Å²) in [5, 5.41) is 6.09. The van der Waals surface area contributed by atoms with Gasteiger partial charge in [0.25, 0.3) is 0 Å². The van der Waals surface area contributed by atoms with Gasteiger partial charge in [0.2, 0.25) is 5.88 Å². The summed E-state index contributed by atoms with van der Waals surface area (Å²) in [7, 11) is 0. The molecule has 1 aliphatic heterocycles. The fourth-order valence-corrected chi connectivity index (χ4v) is 2.88. The lowest BCUT2D eigenvalue weighted by Crippen LogP contribution is -2.36. The van der Waals surface area contributed by atoms with Gasteiger partial charge in [0.1, 0.15) is 6.34 Å². The van der Waals surface area contributed by atoms with Gasteiger partial charge in [-0.1, -0.05) is 37.1 Å². The Morgan fingerprint density at radius 1 is 1.31 bits per heavy atom. The lowest BCUT2D eigenvalue weighted by molar-refractivity contribution is -0.0525. The van der Waals surface area contributed by atoms with Gasteiger partial charge in [0, 0.05) is 16.3 Å². The number of halogens is 3. The van der Waals surface area contributed by atoms with E-state index in [4.69, 9.17) is 16.3 Å². The summed E-state index contributed by atoms with van der Waals surface area (Å²) in [5.41, 5.74) is 8.18. The van der Waals surface area contributed by atoms with Gasteiger partial charge in [-0.25, -0.2) is 10.5 Å². The zero-order chi connectivity index (χ0) is 18.5. The third kappa shape index (κ3) is 4.39. The molecule has 2 N–H and O–H groups in total. The maximum absolute atomic E-state index is 12.9. The molecule has 0 spiro atoms. The van der Waals surface area contributed by atoms with Crippen molar-refractivity contribution >= 4 is 17.9 Å². The Morgan fingerprint density at radius 2 is 2.15 bits per heavy atom. The van der Waals surface area contributed by atoms with Gasteiger partial charge in [-0.05, 0) is 35.7 Å². The highest BCUT2D eigenvalue weighted by molar-refractivity contribution is 6.30. The molecule has 0 aliphatic carbocycles. The van der Waals surface area contributed by atoms with E-state index in [1.165, 1.54) is 0 Å². The average Bonchev–Trinajstić information content (AvgIpc) is 3.10. The van der Waals surface area contributed by atoms with Crippen LogP contribution in [0.3, 0.4) is 0 Å². The van der Waals surface area contributed by atoms with Crippen molar-refractivity contribution in [1.82, 2.24) is 21.1 Å². The lowest BCUT2D eigenvalue weighted by atomic mass is 10.0. The van der Waals surface area contributed by atoms with Crippen molar-refractivity contribution in [3.8, 4) is 17.0 Å². The molecule has 0 saturated carbocycles. The summed E-state index contributed by atoms with van der Waals surface area (Å²) in [6.45, 7) is -0.500. The summed E-state index contributed by atoms with van der Waals surface area (Å²) in [5.74, 6) is -0.101. The standard InChI is InChI=1S/C17H18ClF2N5O/c1-2-4-15-12(9-25-10-21-23-24-25)8-14(16(22-15)26-17(19)20)11-5-3-6-13(18)7-11/h3,5-8,10,17,23-24H,2,4,9H2,1H3. The predicted octanol–water partition coefficient (Wildman–Crippen LogP) is 3.72. The first-order valence-corrected chi connectivity index (χ1v) is 8.48. The number of aromatic nitrogens is 1. The number of nitrogens with zero attached hydrogens (tertiary/aromatic N) is 3. The van der Waals surface area contributed by atoms with Crippen molar-refractivity contribution in [3.05, 3.63) is 46.6 Å².